The van der Waals surface area contributed by atoms with E-state index in [0.29, 0.717) is 12.0 Å². The van der Waals surface area contributed by atoms with Gasteiger partial charge in [0.25, 0.3) is 0 Å². The number of aliphatic hydroxyl groups excluding tert-OH is 2. The first-order chi connectivity index (χ1) is 9.04. The molecule has 4 atom stereocenters. The van der Waals surface area contributed by atoms with E-state index in [0.717, 1.165) is 23.1 Å². The Morgan fingerprint density at radius 3 is 2.95 bits per heavy atom. The Bertz CT molecular complexity index is 514. The molecule has 0 saturated carbocycles. The molecule has 3 aliphatic rings. The highest BCUT2D eigenvalue weighted by atomic mass is 16.6. The van der Waals surface area contributed by atoms with Gasteiger partial charge < -0.3 is 14.9 Å². The highest BCUT2D eigenvalue weighted by Gasteiger charge is 2.51. The van der Waals surface area contributed by atoms with Crippen LogP contribution in [0.25, 0.3) is 0 Å². The second kappa shape index (κ2) is 4.32. The van der Waals surface area contributed by atoms with Crippen LogP contribution in [0.5, 0.6) is 0 Å². The molecular formula is C15H18O4. The smallest absolute Gasteiger partial charge is 0.334 e. The fraction of sp³-hybridized carbons (Fsp3) is 0.533. The summed E-state index contributed by atoms with van der Waals surface area (Å²) in [6, 6.07) is 0. The average Bonchev–Trinajstić information content (AvgIpc) is 2.84. The second-order valence-corrected chi connectivity index (χ2v) is 5.61. The zero-order valence-corrected chi connectivity index (χ0v) is 10.9. The largest absolute Gasteiger partial charge is 0.457 e. The van der Waals surface area contributed by atoms with Crippen molar-refractivity contribution < 1.29 is 19.7 Å². The number of fused-ring (bicyclic) bond motifs is 3. The lowest BCUT2D eigenvalue weighted by molar-refractivity contribution is -0.140. The molecule has 3 rings (SSSR count). The van der Waals surface area contributed by atoms with Gasteiger partial charge in [0.1, 0.15) is 6.10 Å². The third-order valence-electron chi connectivity index (χ3n) is 4.62. The molecule has 1 fully saturated rings. The number of esters is 1. The molecule has 4 heteroatoms. The van der Waals surface area contributed by atoms with Crippen molar-refractivity contribution in [1.82, 2.24) is 0 Å². The van der Waals surface area contributed by atoms with E-state index in [1.54, 1.807) is 0 Å². The molecule has 102 valence electrons. The van der Waals surface area contributed by atoms with Gasteiger partial charge in [-0.2, -0.15) is 0 Å². The van der Waals surface area contributed by atoms with Gasteiger partial charge in [-0.15, -0.1) is 0 Å². The van der Waals surface area contributed by atoms with Crippen molar-refractivity contribution in [1.29, 1.82) is 0 Å². The van der Waals surface area contributed by atoms with Gasteiger partial charge in [-0.05, 0) is 25.3 Å². The fourth-order valence-corrected chi connectivity index (χ4v) is 3.63. The summed E-state index contributed by atoms with van der Waals surface area (Å²) < 4.78 is 5.45. The maximum absolute atomic E-state index is 11.7. The summed E-state index contributed by atoms with van der Waals surface area (Å²) in [4.78, 5) is 11.7. The molecule has 0 amide bonds. The molecule has 0 bridgehead atoms. The monoisotopic (exact) mass is 262 g/mol. The summed E-state index contributed by atoms with van der Waals surface area (Å²) in [6.07, 6.45) is 2.19. The van der Waals surface area contributed by atoms with Crippen molar-refractivity contribution >= 4 is 5.97 Å². The molecule has 0 radical (unpaired) electrons. The SMILES string of the molecule is C=C1C(=O)O[C@@H]2[C@H]3C(C)=CCC3=C(CO)C[C@H](O)[C@@H]12. The van der Waals surface area contributed by atoms with E-state index in [2.05, 4.69) is 12.7 Å². The molecule has 0 spiro atoms. The number of carbonyl (C=O) groups excluding carboxylic acids is 1. The zero-order chi connectivity index (χ0) is 13.7. The lowest BCUT2D eigenvalue weighted by Gasteiger charge is -2.25. The minimum Gasteiger partial charge on any atom is -0.457 e. The van der Waals surface area contributed by atoms with Gasteiger partial charge in [0.05, 0.1) is 18.6 Å². The van der Waals surface area contributed by atoms with Gasteiger partial charge >= 0.3 is 5.97 Å². The van der Waals surface area contributed by atoms with E-state index in [9.17, 15) is 15.0 Å². The first kappa shape index (κ1) is 12.6. The molecule has 4 nitrogen and oxygen atoms in total. The Labute approximate surface area is 112 Å². The Balaban J connectivity index is 2.09. The highest BCUT2D eigenvalue weighted by Crippen LogP contribution is 2.48. The van der Waals surface area contributed by atoms with Gasteiger partial charge in [0.2, 0.25) is 0 Å². The van der Waals surface area contributed by atoms with Crippen molar-refractivity contribution in [2.75, 3.05) is 6.61 Å². The Kier molecular flexibility index (Phi) is 2.87. The van der Waals surface area contributed by atoms with Gasteiger partial charge in [-0.3, -0.25) is 0 Å². The summed E-state index contributed by atoms with van der Waals surface area (Å²) in [5.74, 6) is -0.772. The zero-order valence-electron chi connectivity index (χ0n) is 10.9. The highest BCUT2D eigenvalue weighted by molar-refractivity contribution is 5.91. The van der Waals surface area contributed by atoms with Crippen LogP contribution in [-0.2, 0) is 9.53 Å². The number of ether oxygens (including phenoxy) is 1. The van der Waals surface area contributed by atoms with Crippen LogP contribution in [0.2, 0.25) is 0 Å². The topological polar surface area (TPSA) is 66.8 Å². The standard InChI is InChI=1S/C15H18O4/c1-7-3-4-10-9(6-16)5-11(17)13-8(2)15(18)19-14(13)12(7)10/h3,11-14,16-17H,2,4-6H2,1H3/t11-,12-,13+,14+/m0/s1. The molecule has 1 heterocycles. The maximum atomic E-state index is 11.7. The summed E-state index contributed by atoms with van der Waals surface area (Å²) in [5.41, 5.74) is 3.49. The first-order valence-electron chi connectivity index (χ1n) is 6.60. The molecule has 1 saturated heterocycles. The number of aliphatic hydroxyl groups is 2. The third kappa shape index (κ3) is 1.70. The minimum absolute atomic E-state index is 0.00694. The molecule has 19 heavy (non-hydrogen) atoms. The quantitative estimate of drug-likeness (QED) is 0.422. The van der Waals surface area contributed by atoms with Crippen LogP contribution in [0.15, 0.2) is 34.9 Å². The summed E-state index contributed by atoms with van der Waals surface area (Å²) in [5, 5.41) is 19.9. The lowest BCUT2D eigenvalue weighted by atomic mass is 9.82. The van der Waals surface area contributed by atoms with Crippen LogP contribution in [0.1, 0.15) is 19.8 Å². The fourth-order valence-electron chi connectivity index (χ4n) is 3.63. The van der Waals surface area contributed by atoms with Crippen LogP contribution >= 0.6 is 0 Å². The molecule has 0 aromatic carbocycles. The van der Waals surface area contributed by atoms with Crippen molar-refractivity contribution in [3.05, 3.63) is 34.9 Å². The van der Waals surface area contributed by atoms with Crippen LogP contribution in [0.4, 0.5) is 0 Å². The molecule has 0 unspecified atom stereocenters. The van der Waals surface area contributed by atoms with E-state index in [1.165, 1.54) is 0 Å². The Hall–Kier alpha value is -1.39. The van der Waals surface area contributed by atoms with Crippen molar-refractivity contribution in [2.24, 2.45) is 11.8 Å². The first-order valence-corrected chi connectivity index (χ1v) is 6.60. The van der Waals surface area contributed by atoms with E-state index in [1.807, 2.05) is 6.92 Å². The number of rotatable bonds is 1. The van der Waals surface area contributed by atoms with Crippen LogP contribution in [0, 0.1) is 11.8 Å². The van der Waals surface area contributed by atoms with Gasteiger partial charge in [-0.25, -0.2) is 4.79 Å². The van der Waals surface area contributed by atoms with Gasteiger partial charge in [-0.1, -0.05) is 23.8 Å². The number of allylic oxidation sites excluding steroid dienone is 1. The Morgan fingerprint density at radius 1 is 1.53 bits per heavy atom. The van der Waals surface area contributed by atoms with Gasteiger partial charge in [0, 0.05) is 11.5 Å². The number of hydrogen-bond donors (Lipinski definition) is 2. The predicted octanol–water partition coefficient (Wildman–Crippen LogP) is 1.10. The van der Waals surface area contributed by atoms with Crippen LogP contribution in [-0.4, -0.2) is 35.0 Å². The Morgan fingerprint density at radius 2 is 2.26 bits per heavy atom. The molecule has 0 aromatic heterocycles. The maximum Gasteiger partial charge on any atom is 0.334 e. The van der Waals surface area contributed by atoms with Crippen molar-refractivity contribution in [3.8, 4) is 0 Å². The summed E-state index contributed by atoms with van der Waals surface area (Å²) in [7, 11) is 0. The molecular weight excluding hydrogens is 244 g/mol. The predicted molar refractivity (Wildman–Crippen MR) is 69.1 cm³/mol. The van der Waals surface area contributed by atoms with E-state index >= 15 is 0 Å². The molecule has 0 aromatic rings. The van der Waals surface area contributed by atoms with E-state index in [-0.39, 0.29) is 24.5 Å². The number of hydrogen-bond acceptors (Lipinski definition) is 4. The number of carbonyl (C=O) groups is 1. The summed E-state index contributed by atoms with van der Waals surface area (Å²) >= 11 is 0. The lowest BCUT2D eigenvalue weighted by Crippen LogP contribution is -2.33. The average molecular weight is 262 g/mol. The summed E-state index contributed by atoms with van der Waals surface area (Å²) in [6.45, 7) is 5.73. The van der Waals surface area contributed by atoms with Crippen molar-refractivity contribution in [3.63, 3.8) is 0 Å². The van der Waals surface area contributed by atoms with Gasteiger partial charge in [0.15, 0.2) is 0 Å². The van der Waals surface area contributed by atoms with Crippen molar-refractivity contribution in [2.45, 2.75) is 32.0 Å². The minimum atomic E-state index is -0.711. The van der Waals surface area contributed by atoms with E-state index < -0.39 is 12.1 Å². The molecule has 2 aliphatic carbocycles. The van der Waals surface area contributed by atoms with Crippen LogP contribution < -0.4 is 0 Å². The van der Waals surface area contributed by atoms with Crippen LogP contribution in [0.3, 0.4) is 0 Å². The third-order valence-corrected chi connectivity index (χ3v) is 4.62. The second-order valence-electron chi connectivity index (χ2n) is 5.61. The molecule has 1 aliphatic heterocycles. The normalized spacial score (nSPS) is 37.7. The molecule has 2 N–H and O–H groups in total. The van der Waals surface area contributed by atoms with E-state index in [4.69, 9.17) is 4.74 Å².